The minimum Gasteiger partial charge on any atom is -0.377 e. The second-order valence-electron chi connectivity index (χ2n) is 5.54. The van der Waals surface area contributed by atoms with Gasteiger partial charge in [0.05, 0.1) is 11.6 Å². The predicted octanol–water partition coefficient (Wildman–Crippen LogP) is 4.52. The minimum absolute atomic E-state index is 0.195. The molecule has 3 rings (SSSR count). The highest BCUT2D eigenvalue weighted by Gasteiger charge is 2.13. The van der Waals surface area contributed by atoms with Gasteiger partial charge in [-0.25, -0.2) is 4.98 Å². The third kappa shape index (κ3) is 4.75. The Hall–Kier alpha value is -2.50. The van der Waals surface area contributed by atoms with E-state index >= 15 is 0 Å². The van der Waals surface area contributed by atoms with Crippen molar-refractivity contribution in [2.24, 2.45) is 0 Å². The molecule has 0 atom stereocenters. The summed E-state index contributed by atoms with van der Waals surface area (Å²) in [6.07, 6.45) is 0.736. The lowest BCUT2D eigenvalue weighted by Gasteiger charge is -2.10. The fourth-order valence-electron chi connectivity index (χ4n) is 2.43. The first-order valence-electron chi connectivity index (χ1n) is 8.21. The van der Waals surface area contributed by atoms with Gasteiger partial charge in [0.1, 0.15) is 5.69 Å². The summed E-state index contributed by atoms with van der Waals surface area (Å²) in [5.41, 5.74) is 3.35. The Balaban J connectivity index is 1.68. The van der Waals surface area contributed by atoms with Gasteiger partial charge in [0.25, 0.3) is 5.91 Å². The van der Waals surface area contributed by atoms with Gasteiger partial charge < -0.3 is 10.1 Å². The topological polar surface area (TPSA) is 51.2 Å². The van der Waals surface area contributed by atoms with E-state index in [2.05, 4.69) is 22.4 Å². The maximum absolute atomic E-state index is 12.5. The van der Waals surface area contributed by atoms with Crippen molar-refractivity contribution >= 4 is 22.9 Å². The van der Waals surface area contributed by atoms with Crippen molar-refractivity contribution in [2.75, 3.05) is 11.9 Å². The Kier molecular flexibility index (Phi) is 5.93. The zero-order valence-corrected chi connectivity index (χ0v) is 14.9. The van der Waals surface area contributed by atoms with E-state index < -0.39 is 0 Å². The van der Waals surface area contributed by atoms with Crippen molar-refractivity contribution < 1.29 is 9.53 Å². The summed E-state index contributed by atoms with van der Waals surface area (Å²) in [6, 6.07) is 17.8. The minimum atomic E-state index is -0.195. The largest absolute Gasteiger partial charge is 0.377 e. The Bertz CT molecular complexity index is 830. The van der Waals surface area contributed by atoms with E-state index in [9.17, 15) is 4.79 Å². The summed E-state index contributed by atoms with van der Waals surface area (Å²) < 4.78 is 5.45. The average Bonchev–Trinajstić information content (AvgIpc) is 3.10. The first kappa shape index (κ1) is 17.3. The number of para-hydroxylation sites is 1. The van der Waals surface area contributed by atoms with Crippen molar-refractivity contribution in [3.05, 3.63) is 81.8 Å². The third-order valence-corrected chi connectivity index (χ3v) is 4.56. The number of anilines is 1. The number of amides is 1. The average molecular weight is 352 g/mol. The molecule has 0 fully saturated rings. The third-order valence-electron chi connectivity index (χ3n) is 3.71. The van der Waals surface area contributed by atoms with Gasteiger partial charge in [-0.05, 0) is 18.6 Å². The number of benzene rings is 2. The highest BCUT2D eigenvalue weighted by atomic mass is 32.1. The monoisotopic (exact) mass is 352 g/mol. The van der Waals surface area contributed by atoms with Gasteiger partial charge in [-0.3, -0.25) is 4.79 Å². The fourth-order valence-corrected chi connectivity index (χ4v) is 3.24. The van der Waals surface area contributed by atoms with Crippen LogP contribution in [0, 0.1) is 0 Å². The molecule has 1 N–H and O–H groups in total. The smallest absolute Gasteiger partial charge is 0.275 e. The van der Waals surface area contributed by atoms with Gasteiger partial charge in [-0.1, -0.05) is 48.5 Å². The van der Waals surface area contributed by atoms with Gasteiger partial charge in [0, 0.05) is 29.7 Å². The van der Waals surface area contributed by atoms with Crippen LogP contribution in [-0.2, 0) is 17.8 Å². The van der Waals surface area contributed by atoms with Crippen molar-refractivity contribution in [3.8, 4) is 0 Å². The van der Waals surface area contributed by atoms with Crippen LogP contribution in [0.15, 0.2) is 60.0 Å². The molecule has 0 saturated carbocycles. The molecule has 0 radical (unpaired) electrons. The van der Waals surface area contributed by atoms with Crippen LogP contribution in [0.4, 0.5) is 5.69 Å². The van der Waals surface area contributed by atoms with Crippen LogP contribution in [0.5, 0.6) is 0 Å². The maximum atomic E-state index is 12.5. The molecule has 0 saturated heterocycles. The normalized spacial score (nSPS) is 10.6. The van der Waals surface area contributed by atoms with Crippen LogP contribution in [0.3, 0.4) is 0 Å². The Morgan fingerprint density at radius 1 is 1.12 bits per heavy atom. The fraction of sp³-hybridized carbons (Fsp3) is 0.200. The standard InChI is InChI=1S/C20H20N2O2S/c1-2-24-13-16-10-6-7-11-17(16)22-20(23)18-14-25-19(21-18)12-15-8-4-3-5-9-15/h3-11,14H,2,12-13H2,1H3,(H,22,23). The van der Waals surface area contributed by atoms with Gasteiger partial charge in [-0.2, -0.15) is 0 Å². The molecule has 0 aliphatic rings. The molecule has 25 heavy (non-hydrogen) atoms. The Morgan fingerprint density at radius 3 is 2.68 bits per heavy atom. The molecule has 0 aliphatic heterocycles. The Morgan fingerprint density at radius 2 is 1.88 bits per heavy atom. The molecule has 1 heterocycles. The number of rotatable bonds is 7. The van der Waals surface area contributed by atoms with Crippen LogP contribution in [0.2, 0.25) is 0 Å². The highest BCUT2D eigenvalue weighted by Crippen LogP contribution is 2.19. The number of aromatic nitrogens is 1. The molecule has 2 aromatic carbocycles. The molecule has 1 amide bonds. The van der Waals surface area contributed by atoms with E-state index in [1.54, 1.807) is 5.38 Å². The zero-order chi connectivity index (χ0) is 17.5. The first-order chi connectivity index (χ1) is 12.3. The molecule has 1 aromatic heterocycles. The van der Waals surface area contributed by atoms with Crippen molar-refractivity contribution in [2.45, 2.75) is 20.0 Å². The zero-order valence-electron chi connectivity index (χ0n) is 14.1. The number of hydrogen-bond donors (Lipinski definition) is 1. The number of nitrogens with zero attached hydrogens (tertiary/aromatic N) is 1. The molecule has 128 valence electrons. The molecule has 0 bridgehead atoms. The van der Waals surface area contributed by atoms with Crippen LogP contribution in [-0.4, -0.2) is 17.5 Å². The predicted molar refractivity (Wildman–Crippen MR) is 101 cm³/mol. The van der Waals surface area contributed by atoms with Gasteiger partial charge >= 0.3 is 0 Å². The molecular formula is C20H20N2O2S. The van der Waals surface area contributed by atoms with E-state index in [1.165, 1.54) is 16.9 Å². The molecule has 0 spiro atoms. The van der Waals surface area contributed by atoms with Crippen LogP contribution >= 0.6 is 11.3 Å². The first-order valence-corrected chi connectivity index (χ1v) is 9.09. The summed E-state index contributed by atoms with van der Waals surface area (Å²) in [5.74, 6) is -0.195. The summed E-state index contributed by atoms with van der Waals surface area (Å²) in [5, 5.41) is 5.67. The number of carbonyl (C=O) groups is 1. The van der Waals surface area contributed by atoms with Gasteiger partial charge in [0.15, 0.2) is 0 Å². The van der Waals surface area contributed by atoms with E-state index in [1.807, 2.05) is 49.4 Å². The number of thiazole rings is 1. The second-order valence-corrected chi connectivity index (χ2v) is 6.48. The van der Waals surface area contributed by atoms with Crippen LogP contribution < -0.4 is 5.32 Å². The summed E-state index contributed by atoms with van der Waals surface area (Å²) in [4.78, 5) is 17.0. The summed E-state index contributed by atoms with van der Waals surface area (Å²) in [6.45, 7) is 3.06. The molecule has 5 heteroatoms. The summed E-state index contributed by atoms with van der Waals surface area (Å²) in [7, 11) is 0. The Labute approximate surface area is 151 Å². The van der Waals surface area contributed by atoms with Crippen molar-refractivity contribution in [3.63, 3.8) is 0 Å². The van der Waals surface area contributed by atoms with Crippen LogP contribution in [0.25, 0.3) is 0 Å². The number of nitrogens with one attached hydrogen (secondary N) is 1. The van der Waals surface area contributed by atoms with E-state index in [-0.39, 0.29) is 5.91 Å². The maximum Gasteiger partial charge on any atom is 0.275 e. The molecule has 0 unspecified atom stereocenters. The van der Waals surface area contributed by atoms with Crippen LogP contribution in [0.1, 0.15) is 33.5 Å². The molecular weight excluding hydrogens is 332 g/mol. The number of hydrogen-bond acceptors (Lipinski definition) is 4. The van der Waals surface area contributed by atoms with Crippen molar-refractivity contribution in [1.29, 1.82) is 0 Å². The lowest BCUT2D eigenvalue weighted by atomic mass is 10.2. The second kappa shape index (κ2) is 8.55. The molecule has 0 aliphatic carbocycles. The van der Waals surface area contributed by atoms with E-state index in [0.717, 1.165) is 22.7 Å². The SMILES string of the molecule is CCOCc1ccccc1NC(=O)c1csc(Cc2ccccc2)n1. The lowest BCUT2D eigenvalue weighted by Crippen LogP contribution is -2.14. The molecule has 4 nitrogen and oxygen atoms in total. The quantitative estimate of drug-likeness (QED) is 0.680. The van der Waals surface area contributed by atoms with Gasteiger partial charge in [-0.15, -0.1) is 11.3 Å². The number of carbonyl (C=O) groups excluding carboxylic acids is 1. The molecule has 3 aromatic rings. The highest BCUT2D eigenvalue weighted by molar-refractivity contribution is 7.09. The lowest BCUT2D eigenvalue weighted by molar-refractivity contribution is 0.102. The number of ether oxygens (including phenoxy) is 1. The van der Waals surface area contributed by atoms with Gasteiger partial charge in [0.2, 0.25) is 0 Å². The summed E-state index contributed by atoms with van der Waals surface area (Å²) >= 11 is 1.50. The van der Waals surface area contributed by atoms with Crippen molar-refractivity contribution in [1.82, 2.24) is 4.98 Å². The van der Waals surface area contributed by atoms with E-state index in [4.69, 9.17) is 4.74 Å². The van der Waals surface area contributed by atoms with E-state index in [0.29, 0.717) is 18.9 Å².